The highest BCUT2D eigenvalue weighted by atomic mass is 16.3. The second-order valence-electron chi connectivity index (χ2n) is 6.08. The molecule has 1 fully saturated rings. The molecule has 1 heterocycles. The zero-order valence-electron chi connectivity index (χ0n) is 13.1. The smallest absolute Gasteiger partial charge is 0.0862 e. The fourth-order valence-electron chi connectivity index (χ4n) is 2.87. The van der Waals surface area contributed by atoms with Crippen molar-refractivity contribution in [1.29, 1.82) is 0 Å². The summed E-state index contributed by atoms with van der Waals surface area (Å²) < 4.78 is 1.79. The first-order valence-electron chi connectivity index (χ1n) is 7.85. The topological polar surface area (TPSA) is 87.5 Å². The normalized spacial score (nSPS) is 17.2. The third-order valence-electron chi connectivity index (χ3n) is 4.46. The van der Waals surface area contributed by atoms with Gasteiger partial charge >= 0.3 is 0 Å². The minimum atomic E-state index is -0.471. The van der Waals surface area contributed by atoms with Gasteiger partial charge in [0.1, 0.15) is 0 Å². The van der Waals surface area contributed by atoms with Crippen LogP contribution in [0, 0.1) is 13.8 Å². The number of aliphatic hydroxyl groups excluding tert-OH is 2. The molecule has 0 amide bonds. The van der Waals surface area contributed by atoms with Gasteiger partial charge in [-0.05, 0) is 33.1 Å². The Hall–Kier alpha value is -1.11. The quantitative estimate of drug-likeness (QED) is 0.656. The number of anilines is 1. The van der Waals surface area contributed by atoms with Crippen molar-refractivity contribution >= 4 is 5.69 Å². The molecule has 6 heteroatoms. The Morgan fingerprint density at radius 2 is 2.14 bits per heavy atom. The predicted molar refractivity (Wildman–Crippen MR) is 83.0 cm³/mol. The maximum atomic E-state index is 10.4. The highest BCUT2D eigenvalue weighted by Gasteiger charge is 2.26. The Morgan fingerprint density at radius 1 is 1.43 bits per heavy atom. The van der Waals surface area contributed by atoms with Gasteiger partial charge in [-0.3, -0.25) is 9.58 Å². The molecule has 0 radical (unpaired) electrons. The Balaban J connectivity index is 1.91. The summed E-state index contributed by atoms with van der Waals surface area (Å²) in [5.74, 6) is 0. The molecule has 120 valence electrons. The van der Waals surface area contributed by atoms with Crippen LogP contribution in [0.3, 0.4) is 0 Å². The first-order chi connectivity index (χ1) is 10.0. The van der Waals surface area contributed by atoms with Crippen LogP contribution in [-0.2, 0) is 6.54 Å². The molecule has 21 heavy (non-hydrogen) atoms. The van der Waals surface area contributed by atoms with Gasteiger partial charge in [0.25, 0.3) is 0 Å². The summed E-state index contributed by atoms with van der Waals surface area (Å²) in [7, 11) is 0. The van der Waals surface area contributed by atoms with E-state index in [-0.39, 0.29) is 6.61 Å². The molecule has 1 aromatic heterocycles. The van der Waals surface area contributed by atoms with Gasteiger partial charge in [0, 0.05) is 25.7 Å². The molecule has 1 atom stereocenters. The average Bonchev–Trinajstić information content (AvgIpc) is 2.61. The minimum Gasteiger partial charge on any atom is -0.396 e. The van der Waals surface area contributed by atoms with Crippen LogP contribution in [0.15, 0.2) is 0 Å². The maximum absolute atomic E-state index is 10.4. The summed E-state index contributed by atoms with van der Waals surface area (Å²) in [6.07, 6.45) is 3.96. The molecule has 6 nitrogen and oxygen atoms in total. The molecule has 1 aliphatic carbocycles. The molecule has 1 aromatic rings. The van der Waals surface area contributed by atoms with Crippen molar-refractivity contribution in [2.75, 3.05) is 25.4 Å². The molecule has 4 N–H and O–H groups in total. The van der Waals surface area contributed by atoms with Crippen molar-refractivity contribution in [3.8, 4) is 0 Å². The monoisotopic (exact) mass is 296 g/mol. The van der Waals surface area contributed by atoms with Crippen LogP contribution in [0.1, 0.15) is 37.1 Å². The standard InChI is InChI=1S/C15H28N4O2/c1-11-15(16)12(2)19(17-11)10-14(21)9-18(7-4-8-20)13-5-3-6-13/h13-14,20-21H,3-10,16H2,1-2H3. The van der Waals surface area contributed by atoms with Crippen molar-refractivity contribution in [1.82, 2.24) is 14.7 Å². The molecule has 1 saturated carbocycles. The number of hydrogen-bond acceptors (Lipinski definition) is 5. The maximum Gasteiger partial charge on any atom is 0.0862 e. The van der Waals surface area contributed by atoms with Gasteiger partial charge < -0.3 is 15.9 Å². The lowest BCUT2D eigenvalue weighted by Crippen LogP contribution is -2.45. The van der Waals surface area contributed by atoms with Gasteiger partial charge in [0.2, 0.25) is 0 Å². The van der Waals surface area contributed by atoms with Crippen LogP contribution >= 0.6 is 0 Å². The van der Waals surface area contributed by atoms with Crippen molar-refractivity contribution in [3.63, 3.8) is 0 Å². The van der Waals surface area contributed by atoms with Crippen molar-refractivity contribution < 1.29 is 10.2 Å². The lowest BCUT2D eigenvalue weighted by Gasteiger charge is -2.38. The molecule has 0 aromatic carbocycles. The summed E-state index contributed by atoms with van der Waals surface area (Å²) in [5.41, 5.74) is 8.36. The first kappa shape index (κ1) is 16.3. The summed E-state index contributed by atoms with van der Waals surface area (Å²) in [5, 5.41) is 23.7. The van der Waals surface area contributed by atoms with Gasteiger partial charge in [-0.2, -0.15) is 5.10 Å². The SMILES string of the molecule is Cc1nn(CC(O)CN(CCCO)C2CCC2)c(C)c1N. The van der Waals surface area contributed by atoms with Crippen molar-refractivity contribution in [3.05, 3.63) is 11.4 Å². The molecule has 0 saturated heterocycles. The summed E-state index contributed by atoms with van der Waals surface area (Å²) in [6, 6.07) is 0.566. The fraction of sp³-hybridized carbons (Fsp3) is 0.800. The van der Waals surface area contributed by atoms with Crippen LogP contribution in [0.25, 0.3) is 0 Å². The van der Waals surface area contributed by atoms with Crippen molar-refractivity contribution in [2.45, 2.75) is 58.2 Å². The number of aromatic nitrogens is 2. The van der Waals surface area contributed by atoms with Crippen LogP contribution in [-0.4, -0.2) is 56.7 Å². The molecule has 0 spiro atoms. The molecule has 2 rings (SSSR count). The highest BCUT2D eigenvalue weighted by molar-refractivity contribution is 5.46. The second kappa shape index (κ2) is 7.24. The van der Waals surface area contributed by atoms with E-state index in [4.69, 9.17) is 10.8 Å². The number of aliphatic hydroxyl groups is 2. The Kier molecular flexibility index (Phi) is 5.61. The molecule has 0 bridgehead atoms. The Labute approximate surface area is 126 Å². The van der Waals surface area contributed by atoms with E-state index in [1.807, 2.05) is 13.8 Å². The van der Waals surface area contributed by atoms with E-state index < -0.39 is 6.10 Å². The number of nitrogens with zero attached hydrogens (tertiary/aromatic N) is 3. The molecule has 1 unspecified atom stereocenters. The van der Waals surface area contributed by atoms with E-state index in [0.717, 1.165) is 24.4 Å². The zero-order chi connectivity index (χ0) is 15.4. The molecular weight excluding hydrogens is 268 g/mol. The number of hydrogen-bond donors (Lipinski definition) is 3. The van der Waals surface area contributed by atoms with Gasteiger partial charge in [-0.25, -0.2) is 0 Å². The number of nitrogens with two attached hydrogens (primary N) is 1. The summed E-state index contributed by atoms with van der Waals surface area (Å²) in [6.45, 7) is 5.95. The van der Waals surface area contributed by atoms with Gasteiger partial charge in [-0.15, -0.1) is 0 Å². The van der Waals surface area contributed by atoms with Crippen LogP contribution in [0.4, 0.5) is 5.69 Å². The minimum absolute atomic E-state index is 0.202. The van der Waals surface area contributed by atoms with Crippen LogP contribution < -0.4 is 5.73 Å². The number of rotatable bonds is 8. The molecule has 0 aliphatic heterocycles. The highest BCUT2D eigenvalue weighted by Crippen LogP contribution is 2.25. The third-order valence-corrected chi connectivity index (χ3v) is 4.46. The zero-order valence-corrected chi connectivity index (χ0v) is 13.1. The second-order valence-corrected chi connectivity index (χ2v) is 6.08. The Morgan fingerprint density at radius 3 is 2.62 bits per heavy atom. The number of aryl methyl sites for hydroxylation is 1. The average molecular weight is 296 g/mol. The van der Waals surface area contributed by atoms with Gasteiger partial charge in [0.05, 0.1) is 29.7 Å². The summed E-state index contributed by atoms with van der Waals surface area (Å²) >= 11 is 0. The first-order valence-corrected chi connectivity index (χ1v) is 7.85. The van der Waals surface area contributed by atoms with Crippen LogP contribution in [0.5, 0.6) is 0 Å². The predicted octanol–water partition coefficient (Wildman–Crippen LogP) is 0.680. The van der Waals surface area contributed by atoms with Gasteiger partial charge in [-0.1, -0.05) is 6.42 Å². The molecular formula is C15H28N4O2. The van der Waals surface area contributed by atoms with Gasteiger partial charge in [0.15, 0.2) is 0 Å². The summed E-state index contributed by atoms with van der Waals surface area (Å²) in [4.78, 5) is 2.30. The third kappa shape index (κ3) is 3.96. The lowest BCUT2D eigenvalue weighted by molar-refractivity contribution is 0.0446. The van der Waals surface area contributed by atoms with E-state index in [2.05, 4.69) is 10.00 Å². The van der Waals surface area contributed by atoms with E-state index in [0.29, 0.717) is 24.8 Å². The van der Waals surface area contributed by atoms with Crippen molar-refractivity contribution in [2.24, 2.45) is 0 Å². The van der Waals surface area contributed by atoms with E-state index in [1.165, 1.54) is 19.3 Å². The van der Waals surface area contributed by atoms with Crippen LogP contribution in [0.2, 0.25) is 0 Å². The Bertz CT molecular complexity index is 457. The van der Waals surface area contributed by atoms with E-state index in [9.17, 15) is 5.11 Å². The fourth-order valence-corrected chi connectivity index (χ4v) is 2.87. The lowest BCUT2D eigenvalue weighted by atomic mass is 9.91. The number of nitrogen functional groups attached to an aromatic ring is 1. The largest absolute Gasteiger partial charge is 0.396 e. The van der Waals surface area contributed by atoms with E-state index >= 15 is 0 Å². The van der Waals surface area contributed by atoms with E-state index in [1.54, 1.807) is 4.68 Å². The molecule has 1 aliphatic rings.